The lowest BCUT2D eigenvalue weighted by atomic mass is 9.92. The maximum Gasteiger partial charge on any atom is 0.154 e. The quantitative estimate of drug-likeness (QED) is 0.0989. The summed E-state index contributed by atoms with van der Waals surface area (Å²) in [5.74, 6) is 0.858. The van der Waals surface area contributed by atoms with Crippen molar-refractivity contribution in [2.75, 3.05) is 14.1 Å². The third-order valence-corrected chi connectivity index (χ3v) is 12.5. The fourth-order valence-corrected chi connectivity index (χ4v) is 9.61. The van der Waals surface area contributed by atoms with Crippen LogP contribution >= 0.6 is 0 Å². The van der Waals surface area contributed by atoms with E-state index >= 15 is 0 Å². The van der Waals surface area contributed by atoms with E-state index < -0.39 is 0 Å². The number of benzene rings is 9. The first-order chi connectivity index (χ1) is 31.4. The van der Waals surface area contributed by atoms with E-state index in [1.165, 1.54) is 54.6 Å². The first-order valence-electron chi connectivity index (χ1n) is 21.6. The molecule has 0 unspecified atom stereocenters. The largest absolute Gasteiger partial charge is 0.456 e. The molecule has 0 atom stereocenters. The summed E-state index contributed by atoms with van der Waals surface area (Å²) < 4.78 is 9.09. The molecule has 64 heavy (non-hydrogen) atoms. The Kier molecular flexibility index (Phi) is 9.40. The third kappa shape index (κ3) is 6.32. The number of rotatable bonds is 7. The monoisotopic (exact) mass is 824 g/mol. The van der Waals surface area contributed by atoms with Crippen molar-refractivity contribution >= 4 is 83.0 Å². The van der Waals surface area contributed by atoms with E-state index in [0.29, 0.717) is 5.84 Å². The summed E-state index contributed by atoms with van der Waals surface area (Å²) in [5.41, 5.74) is 13.3. The van der Waals surface area contributed by atoms with Gasteiger partial charge in [0.05, 0.1) is 11.0 Å². The van der Waals surface area contributed by atoms with E-state index in [-0.39, 0.29) is 5.84 Å². The highest BCUT2D eigenvalue weighted by molar-refractivity contribution is 6.32. The van der Waals surface area contributed by atoms with Crippen molar-refractivity contribution in [3.63, 3.8) is 0 Å². The highest BCUT2D eigenvalue weighted by Gasteiger charge is 2.23. The van der Waals surface area contributed by atoms with Crippen LogP contribution in [0.1, 0.15) is 22.3 Å². The van der Waals surface area contributed by atoms with Gasteiger partial charge in [0, 0.05) is 52.5 Å². The third-order valence-electron chi connectivity index (χ3n) is 12.5. The maximum absolute atomic E-state index is 9.22. The smallest absolute Gasteiger partial charge is 0.154 e. The van der Waals surface area contributed by atoms with Crippen molar-refractivity contribution in [2.24, 2.45) is 4.99 Å². The molecule has 0 saturated carbocycles. The van der Waals surface area contributed by atoms with Gasteiger partial charge in [0.1, 0.15) is 17.0 Å². The average Bonchev–Trinajstić information content (AvgIpc) is 3.88. The summed E-state index contributed by atoms with van der Waals surface area (Å²) in [6.07, 6.45) is 5.71. The first kappa shape index (κ1) is 38.6. The van der Waals surface area contributed by atoms with E-state index in [2.05, 4.69) is 164 Å². The zero-order valence-corrected chi connectivity index (χ0v) is 35.9. The number of hydrogen-bond acceptors (Lipinski definition) is 2. The Bertz CT molecular complexity index is 3600. The van der Waals surface area contributed by atoms with E-state index in [0.717, 1.165) is 60.9 Å². The second kappa shape index (κ2) is 15.6. The van der Waals surface area contributed by atoms with Gasteiger partial charge < -0.3 is 13.9 Å². The molecule has 9 aromatic carbocycles. The van der Waals surface area contributed by atoms with Crippen LogP contribution in [0, 0.1) is 12.3 Å². The lowest BCUT2D eigenvalue weighted by Gasteiger charge is -2.17. The SMILES string of the molecule is C=C/C=C\c1ccc(C(=N)N=C(c2cccc3oc4ccc(-n5c6cc(-c7ccccc7)c7ccccc7c6c6c7ccccc7c(-c7ccccc7)cc65)cc4c23)N(C)C)cc1C. The molecule has 0 amide bonds. The minimum absolute atomic E-state index is 0.185. The van der Waals surface area contributed by atoms with Crippen molar-refractivity contribution in [1.82, 2.24) is 9.47 Å². The second-order valence-electron chi connectivity index (χ2n) is 16.6. The number of furan rings is 1. The topological polar surface area (TPSA) is 57.5 Å². The van der Waals surface area contributed by atoms with Crippen LogP contribution in [0.4, 0.5) is 0 Å². The summed E-state index contributed by atoms with van der Waals surface area (Å²) in [5, 5.41) is 18.4. The van der Waals surface area contributed by atoms with Crippen molar-refractivity contribution in [1.29, 1.82) is 5.41 Å². The maximum atomic E-state index is 9.22. The zero-order valence-electron chi connectivity index (χ0n) is 35.9. The van der Waals surface area contributed by atoms with Gasteiger partial charge in [-0.1, -0.05) is 158 Å². The fourth-order valence-electron chi connectivity index (χ4n) is 9.61. The van der Waals surface area contributed by atoms with Crippen LogP contribution in [0.15, 0.2) is 204 Å². The molecule has 0 radical (unpaired) electrons. The van der Waals surface area contributed by atoms with Gasteiger partial charge in [-0.2, -0.15) is 0 Å². The van der Waals surface area contributed by atoms with Gasteiger partial charge in [-0.15, -0.1) is 0 Å². The summed E-state index contributed by atoms with van der Waals surface area (Å²) in [4.78, 5) is 7.01. The Labute approximate surface area is 371 Å². The molecule has 0 aliphatic rings. The Morgan fingerprint density at radius 1 is 0.594 bits per heavy atom. The summed E-state index contributed by atoms with van der Waals surface area (Å²) in [6, 6.07) is 62.6. The average molecular weight is 825 g/mol. The predicted molar refractivity (Wildman–Crippen MR) is 271 cm³/mol. The van der Waals surface area contributed by atoms with Gasteiger partial charge in [0.15, 0.2) is 5.84 Å². The molecule has 0 saturated heterocycles. The molecular formula is C59H44N4O. The standard InChI is InChI=1S/C59H44N4O/c1-5-6-18-38-29-30-41(33-37(38)2)58(60)61-59(62(3)4)47-27-17-28-54-55(47)50-34-42(31-32-53(50)64-54)63-51-35-48(39-19-9-7-10-20-39)43-23-13-15-25-45(43)56(51)57-46-26-16-14-24-44(46)49(36-52(57)63)40-21-11-8-12-22-40/h5-36,60H,1H2,2-4H3/b18-6-,60-58?,61-59?. The normalized spacial score (nSPS) is 12.1. The molecule has 5 nitrogen and oxygen atoms in total. The lowest BCUT2D eigenvalue weighted by Crippen LogP contribution is -2.24. The Hall–Kier alpha value is -8.28. The lowest BCUT2D eigenvalue weighted by molar-refractivity contribution is 0.625. The number of allylic oxidation sites excluding steroid dienone is 2. The molecule has 306 valence electrons. The van der Waals surface area contributed by atoms with Gasteiger partial charge in [0.2, 0.25) is 0 Å². The van der Waals surface area contributed by atoms with Gasteiger partial charge >= 0.3 is 0 Å². The molecule has 11 aromatic rings. The molecule has 11 rings (SSSR count). The molecule has 0 aliphatic carbocycles. The molecule has 0 fully saturated rings. The van der Waals surface area contributed by atoms with E-state index in [1.807, 2.05) is 61.5 Å². The van der Waals surface area contributed by atoms with Crippen LogP contribution in [-0.2, 0) is 0 Å². The molecule has 2 heterocycles. The summed E-state index contributed by atoms with van der Waals surface area (Å²) in [7, 11) is 3.96. The number of fused-ring (bicyclic) bond motifs is 10. The highest BCUT2D eigenvalue weighted by Crippen LogP contribution is 2.46. The van der Waals surface area contributed by atoms with E-state index in [1.54, 1.807) is 6.08 Å². The molecular weight excluding hydrogens is 781 g/mol. The van der Waals surface area contributed by atoms with Crippen LogP contribution in [-0.4, -0.2) is 35.2 Å². The molecule has 1 N–H and O–H groups in total. The number of aliphatic imine (C=N–C) groups is 1. The minimum atomic E-state index is 0.185. The van der Waals surface area contributed by atoms with Crippen LogP contribution < -0.4 is 0 Å². The van der Waals surface area contributed by atoms with Crippen molar-refractivity contribution < 1.29 is 4.42 Å². The molecule has 0 aliphatic heterocycles. The number of nitrogens with one attached hydrogen (secondary N) is 1. The van der Waals surface area contributed by atoms with E-state index in [4.69, 9.17) is 9.41 Å². The highest BCUT2D eigenvalue weighted by atomic mass is 16.3. The molecule has 5 heteroatoms. The van der Waals surface area contributed by atoms with Gasteiger partial charge in [-0.05, 0) is 104 Å². The van der Waals surface area contributed by atoms with E-state index in [9.17, 15) is 5.41 Å². The number of amidine groups is 2. The summed E-state index contributed by atoms with van der Waals surface area (Å²) in [6.45, 7) is 5.86. The van der Waals surface area contributed by atoms with Gasteiger partial charge in [-0.3, -0.25) is 5.41 Å². The van der Waals surface area contributed by atoms with Crippen molar-refractivity contribution in [3.8, 4) is 27.9 Å². The second-order valence-corrected chi connectivity index (χ2v) is 16.6. The van der Waals surface area contributed by atoms with Crippen LogP contribution in [0.3, 0.4) is 0 Å². The molecule has 0 bridgehead atoms. The van der Waals surface area contributed by atoms with Crippen LogP contribution in [0.5, 0.6) is 0 Å². The number of nitrogens with zero attached hydrogens (tertiary/aromatic N) is 3. The van der Waals surface area contributed by atoms with Crippen LogP contribution in [0.25, 0.3) is 99.3 Å². The molecule has 0 spiro atoms. The predicted octanol–water partition coefficient (Wildman–Crippen LogP) is 15.2. The minimum Gasteiger partial charge on any atom is -0.456 e. The number of aromatic nitrogens is 1. The number of hydrogen-bond donors (Lipinski definition) is 1. The molecule has 2 aromatic heterocycles. The Balaban J connectivity index is 1.20. The van der Waals surface area contributed by atoms with Crippen LogP contribution in [0.2, 0.25) is 0 Å². The van der Waals surface area contributed by atoms with Gasteiger partial charge in [-0.25, -0.2) is 4.99 Å². The Morgan fingerprint density at radius 3 is 1.77 bits per heavy atom. The first-order valence-corrected chi connectivity index (χ1v) is 21.6. The van der Waals surface area contributed by atoms with Gasteiger partial charge in [0.25, 0.3) is 0 Å². The van der Waals surface area contributed by atoms with Crippen molar-refractivity contribution in [2.45, 2.75) is 6.92 Å². The summed E-state index contributed by atoms with van der Waals surface area (Å²) >= 11 is 0. The van der Waals surface area contributed by atoms with Crippen molar-refractivity contribution in [3.05, 3.63) is 217 Å². The zero-order chi connectivity index (χ0) is 43.5. The Morgan fingerprint density at radius 2 is 1.19 bits per heavy atom. The number of aryl methyl sites for hydroxylation is 1. The fraction of sp³-hybridized carbons (Fsp3) is 0.0508.